The first-order chi connectivity index (χ1) is 15.3. The summed E-state index contributed by atoms with van der Waals surface area (Å²) in [6.07, 6.45) is 1.08. The molecule has 0 saturated carbocycles. The lowest BCUT2D eigenvalue weighted by Gasteiger charge is -2.17. The predicted octanol–water partition coefficient (Wildman–Crippen LogP) is 2.96. The highest BCUT2D eigenvalue weighted by Crippen LogP contribution is 2.25. The number of sulfone groups is 1. The Bertz CT molecular complexity index is 1230. The number of hydrogen-bond donors (Lipinski definition) is 0. The first kappa shape index (κ1) is 22.6. The van der Waals surface area contributed by atoms with Crippen LogP contribution >= 0.6 is 11.8 Å². The standard InChI is InChI=1S/C22H25N3O5S2/c1-25(12-15-3-4-18-11-19(29-2)6-5-17(18)9-15)21(26)13-31-22-24-23-20(30-22)10-16-7-8-32(27,28)14-16/h3-6,9,11,16H,7-8,10,12-14H2,1-2H3/t16-/m0/s1. The summed E-state index contributed by atoms with van der Waals surface area (Å²) < 4.78 is 34.0. The molecular weight excluding hydrogens is 450 g/mol. The van der Waals surface area contributed by atoms with Crippen molar-refractivity contribution in [2.75, 3.05) is 31.4 Å². The lowest BCUT2D eigenvalue weighted by molar-refractivity contribution is -0.127. The normalized spacial score (nSPS) is 17.5. The fourth-order valence-electron chi connectivity index (χ4n) is 3.75. The molecule has 1 amide bonds. The summed E-state index contributed by atoms with van der Waals surface area (Å²) in [6, 6.07) is 12.0. The molecule has 170 valence electrons. The van der Waals surface area contributed by atoms with Crippen LogP contribution < -0.4 is 4.74 Å². The fourth-order valence-corrected chi connectivity index (χ4v) is 6.34. The van der Waals surface area contributed by atoms with Crippen LogP contribution in [0, 0.1) is 5.92 Å². The third-order valence-corrected chi connectivity index (χ3v) is 8.15. The van der Waals surface area contributed by atoms with Crippen molar-refractivity contribution in [3.63, 3.8) is 0 Å². The summed E-state index contributed by atoms with van der Waals surface area (Å²) in [5, 5.41) is 10.5. The number of nitrogens with zero attached hydrogens (tertiary/aromatic N) is 3. The van der Waals surface area contributed by atoms with Gasteiger partial charge in [-0.25, -0.2) is 8.42 Å². The van der Waals surface area contributed by atoms with Gasteiger partial charge >= 0.3 is 0 Å². The van der Waals surface area contributed by atoms with Gasteiger partial charge in [0.15, 0.2) is 9.84 Å². The molecule has 1 saturated heterocycles. The number of ether oxygens (including phenoxy) is 1. The van der Waals surface area contributed by atoms with Crippen molar-refractivity contribution < 1.29 is 22.4 Å². The zero-order chi connectivity index (χ0) is 22.7. The van der Waals surface area contributed by atoms with Crippen LogP contribution in [0.25, 0.3) is 10.8 Å². The second-order valence-electron chi connectivity index (χ2n) is 8.02. The predicted molar refractivity (Wildman–Crippen MR) is 122 cm³/mol. The molecule has 3 aromatic rings. The molecule has 32 heavy (non-hydrogen) atoms. The van der Waals surface area contributed by atoms with Gasteiger partial charge in [0.1, 0.15) is 5.75 Å². The van der Waals surface area contributed by atoms with E-state index in [1.807, 2.05) is 30.3 Å². The summed E-state index contributed by atoms with van der Waals surface area (Å²) in [5.74, 6) is 1.78. The Hall–Kier alpha value is -2.59. The van der Waals surface area contributed by atoms with Gasteiger partial charge in [-0.3, -0.25) is 4.79 Å². The van der Waals surface area contributed by atoms with Gasteiger partial charge in [0.05, 0.1) is 24.4 Å². The second kappa shape index (κ2) is 9.50. The van der Waals surface area contributed by atoms with Gasteiger partial charge < -0.3 is 14.1 Å². The quantitative estimate of drug-likeness (QED) is 0.458. The molecule has 10 heteroatoms. The maximum atomic E-state index is 12.6. The highest BCUT2D eigenvalue weighted by Gasteiger charge is 2.29. The molecule has 1 atom stereocenters. The highest BCUT2D eigenvalue weighted by atomic mass is 32.2. The molecule has 8 nitrogen and oxygen atoms in total. The van der Waals surface area contributed by atoms with Gasteiger partial charge in [0.2, 0.25) is 11.8 Å². The zero-order valence-corrected chi connectivity index (χ0v) is 19.6. The zero-order valence-electron chi connectivity index (χ0n) is 18.0. The first-order valence-corrected chi connectivity index (χ1v) is 13.1. The van der Waals surface area contributed by atoms with E-state index in [4.69, 9.17) is 9.15 Å². The van der Waals surface area contributed by atoms with Crippen LogP contribution in [0.4, 0.5) is 0 Å². The molecule has 0 aliphatic carbocycles. The molecule has 1 aliphatic heterocycles. The van der Waals surface area contributed by atoms with Crippen molar-refractivity contribution in [2.45, 2.75) is 24.6 Å². The van der Waals surface area contributed by atoms with Gasteiger partial charge in [-0.05, 0) is 46.9 Å². The van der Waals surface area contributed by atoms with E-state index in [1.165, 1.54) is 11.8 Å². The van der Waals surface area contributed by atoms with E-state index in [0.717, 1.165) is 22.1 Å². The number of hydrogen-bond acceptors (Lipinski definition) is 8. The van der Waals surface area contributed by atoms with Crippen LogP contribution in [0.5, 0.6) is 5.75 Å². The van der Waals surface area contributed by atoms with E-state index in [2.05, 4.69) is 16.3 Å². The topological polar surface area (TPSA) is 103 Å². The van der Waals surface area contributed by atoms with Gasteiger partial charge in [-0.2, -0.15) is 0 Å². The average Bonchev–Trinajstić information content (AvgIpc) is 3.36. The summed E-state index contributed by atoms with van der Waals surface area (Å²) >= 11 is 1.19. The third-order valence-electron chi connectivity index (χ3n) is 5.51. The maximum Gasteiger partial charge on any atom is 0.277 e. The van der Waals surface area contributed by atoms with Gasteiger partial charge in [0.25, 0.3) is 5.22 Å². The number of rotatable bonds is 8. The number of methoxy groups -OCH3 is 1. The summed E-state index contributed by atoms with van der Waals surface area (Å²) in [7, 11) is 0.477. The molecular formula is C22H25N3O5S2. The summed E-state index contributed by atoms with van der Waals surface area (Å²) in [5.41, 5.74) is 1.04. The van der Waals surface area contributed by atoms with Crippen LogP contribution in [0.15, 0.2) is 46.0 Å². The Morgan fingerprint density at radius 3 is 2.75 bits per heavy atom. The van der Waals surface area contributed by atoms with Crippen molar-refractivity contribution in [3.8, 4) is 5.75 Å². The SMILES string of the molecule is COc1ccc2cc(CN(C)C(=O)CSc3nnc(C[C@@H]4CCS(=O)(=O)C4)o3)ccc2c1. The molecule has 1 aliphatic rings. The van der Waals surface area contributed by atoms with E-state index in [-0.39, 0.29) is 29.1 Å². The molecule has 0 bridgehead atoms. The molecule has 0 spiro atoms. The molecule has 0 N–H and O–H groups in total. The summed E-state index contributed by atoms with van der Waals surface area (Å²) in [4.78, 5) is 14.2. The number of amides is 1. The third kappa shape index (κ3) is 5.60. The number of benzene rings is 2. The van der Waals surface area contributed by atoms with Crippen LogP contribution in [0.3, 0.4) is 0 Å². The van der Waals surface area contributed by atoms with E-state index < -0.39 is 9.84 Å². The number of fused-ring (bicyclic) bond motifs is 1. The minimum absolute atomic E-state index is 0.0223. The van der Waals surface area contributed by atoms with Crippen molar-refractivity contribution in [2.24, 2.45) is 5.92 Å². The number of aromatic nitrogens is 2. The van der Waals surface area contributed by atoms with Crippen LogP contribution in [0.1, 0.15) is 17.9 Å². The van der Waals surface area contributed by atoms with Crippen molar-refractivity contribution in [1.82, 2.24) is 15.1 Å². The largest absolute Gasteiger partial charge is 0.497 e. The van der Waals surface area contributed by atoms with Crippen LogP contribution in [-0.4, -0.2) is 60.8 Å². The number of carbonyl (C=O) groups excluding carboxylic acids is 1. The smallest absolute Gasteiger partial charge is 0.277 e. The minimum Gasteiger partial charge on any atom is -0.497 e. The van der Waals surface area contributed by atoms with Gasteiger partial charge in [0, 0.05) is 20.0 Å². The van der Waals surface area contributed by atoms with E-state index in [1.54, 1.807) is 19.1 Å². The van der Waals surface area contributed by atoms with Crippen LogP contribution in [0.2, 0.25) is 0 Å². The van der Waals surface area contributed by atoms with Gasteiger partial charge in [-0.15, -0.1) is 10.2 Å². The van der Waals surface area contributed by atoms with Crippen molar-refractivity contribution in [1.29, 1.82) is 0 Å². The second-order valence-corrected chi connectivity index (χ2v) is 11.2. The lowest BCUT2D eigenvalue weighted by atomic mass is 10.1. The summed E-state index contributed by atoms with van der Waals surface area (Å²) in [6.45, 7) is 0.493. The van der Waals surface area contributed by atoms with Crippen molar-refractivity contribution in [3.05, 3.63) is 47.9 Å². The Labute approximate surface area is 191 Å². The molecule has 1 fully saturated rings. The van der Waals surface area contributed by atoms with Gasteiger partial charge in [-0.1, -0.05) is 30.0 Å². The molecule has 0 radical (unpaired) electrons. The van der Waals surface area contributed by atoms with Crippen molar-refractivity contribution >= 4 is 38.3 Å². The van der Waals surface area contributed by atoms with E-state index in [9.17, 15) is 13.2 Å². The highest BCUT2D eigenvalue weighted by molar-refractivity contribution is 7.99. The number of carbonyl (C=O) groups is 1. The first-order valence-electron chi connectivity index (χ1n) is 10.3. The Kier molecular flexibility index (Phi) is 6.71. The maximum absolute atomic E-state index is 12.6. The number of thioether (sulfide) groups is 1. The van der Waals surface area contributed by atoms with E-state index >= 15 is 0 Å². The monoisotopic (exact) mass is 475 g/mol. The molecule has 0 unspecified atom stereocenters. The molecule has 2 heterocycles. The lowest BCUT2D eigenvalue weighted by Crippen LogP contribution is -2.27. The molecule has 2 aromatic carbocycles. The Morgan fingerprint density at radius 1 is 1.22 bits per heavy atom. The average molecular weight is 476 g/mol. The van der Waals surface area contributed by atoms with Crippen LogP contribution in [-0.2, 0) is 27.6 Å². The van der Waals surface area contributed by atoms with E-state index in [0.29, 0.717) is 30.5 Å². The fraction of sp³-hybridized carbons (Fsp3) is 0.409. The Morgan fingerprint density at radius 2 is 2.00 bits per heavy atom. The molecule has 1 aromatic heterocycles. The minimum atomic E-state index is -2.93. The molecule has 4 rings (SSSR count). The Balaban J connectivity index is 1.29.